The molecule has 0 radical (unpaired) electrons. The molecule has 0 bridgehead atoms. The van der Waals surface area contributed by atoms with Crippen molar-refractivity contribution in [2.24, 2.45) is 0 Å². The Kier molecular flexibility index (Phi) is 5.95. The quantitative estimate of drug-likeness (QED) is 0.238. The minimum atomic E-state index is -4.18. The molecule has 15 heteroatoms. The third-order valence-corrected chi connectivity index (χ3v) is 8.80. The van der Waals surface area contributed by atoms with E-state index < -0.39 is 79.4 Å². The first-order chi connectivity index (χ1) is 14.7. The van der Waals surface area contributed by atoms with Gasteiger partial charge in [0.1, 0.15) is 16.7 Å². The molecule has 3 atom stereocenters. The van der Waals surface area contributed by atoms with Crippen molar-refractivity contribution < 1.29 is 47.7 Å². The smallest absolute Gasteiger partial charge is 0.407 e. The van der Waals surface area contributed by atoms with Crippen molar-refractivity contribution in [2.75, 3.05) is 13.2 Å². The molecule has 2 heterocycles. The first-order valence-electron chi connectivity index (χ1n) is 8.85. The van der Waals surface area contributed by atoms with Gasteiger partial charge in [0.05, 0.1) is 28.6 Å². The van der Waals surface area contributed by atoms with Gasteiger partial charge in [-0.2, -0.15) is 0 Å². The summed E-state index contributed by atoms with van der Waals surface area (Å²) in [6.07, 6.45) is -1.61. The van der Waals surface area contributed by atoms with E-state index in [4.69, 9.17) is 27.9 Å². The van der Waals surface area contributed by atoms with E-state index in [1.165, 1.54) is 0 Å². The third kappa shape index (κ3) is 3.49. The van der Waals surface area contributed by atoms with E-state index in [0.717, 1.165) is 17.9 Å². The molecule has 0 spiro atoms. The number of halogens is 2. The van der Waals surface area contributed by atoms with Crippen LogP contribution in [-0.2, 0) is 24.2 Å². The Morgan fingerprint density at radius 2 is 1.94 bits per heavy atom. The van der Waals surface area contributed by atoms with E-state index in [2.05, 4.69) is 0 Å². The highest BCUT2D eigenvalue weighted by atomic mass is 35.5. The molecule has 2 aliphatic rings. The zero-order valence-corrected chi connectivity index (χ0v) is 18.5. The SMILES string of the molecule is C[C@]1(COC(=O)NCC(=O)c2c(Cl)cc(O)c(O)c2Cl)[C@H](C(=O)O)N2C(=O)C[C@H]2S1(=O)=O. The molecule has 0 unspecified atom stereocenters. The van der Waals surface area contributed by atoms with E-state index in [1.54, 1.807) is 0 Å². The lowest BCUT2D eigenvalue weighted by Gasteiger charge is -2.35. The van der Waals surface area contributed by atoms with Gasteiger partial charge in [0.2, 0.25) is 5.91 Å². The van der Waals surface area contributed by atoms with Gasteiger partial charge in [-0.1, -0.05) is 23.2 Å². The fraction of sp³-hybridized carbons (Fsp3) is 0.412. The number of carboxylic acids is 1. The van der Waals surface area contributed by atoms with Crippen LogP contribution >= 0.6 is 23.2 Å². The number of aromatic hydroxyl groups is 2. The first kappa shape index (κ1) is 23.9. The monoisotopic (exact) mass is 510 g/mol. The van der Waals surface area contributed by atoms with Crippen molar-refractivity contribution in [2.45, 2.75) is 29.5 Å². The van der Waals surface area contributed by atoms with Gasteiger partial charge in [0.15, 0.2) is 33.2 Å². The maximum absolute atomic E-state index is 12.7. The highest BCUT2D eigenvalue weighted by Gasteiger charge is 2.70. The second kappa shape index (κ2) is 7.98. The first-order valence-corrected chi connectivity index (χ1v) is 11.2. The number of carbonyl (C=O) groups excluding carboxylic acids is 3. The fourth-order valence-corrected chi connectivity index (χ4v) is 6.55. The Bertz CT molecular complexity index is 1150. The van der Waals surface area contributed by atoms with Crippen molar-refractivity contribution in [3.05, 3.63) is 21.7 Å². The van der Waals surface area contributed by atoms with Gasteiger partial charge in [-0.15, -0.1) is 0 Å². The maximum Gasteiger partial charge on any atom is 0.407 e. The van der Waals surface area contributed by atoms with Gasteiger partial charge in [0.25, 0.3) is 0 Å². The topological polar surface area (TPSA) is 188 Å². The zero-order chi connectivity index (χ0) is 24.2. The average Bonchev–Trinajstić information content (AvgIpc) is 2.83. The number of fused-ring (bicyclic) bond motifs is 1. The van der Waals surface area contributed by atoms with E-state index in [1.807, 2.05) is 5.32 Å². The predicted octanol–water partition coefficient (Wildman–Crippen LogP) is 0.512. The number of aliphatic carboxylic acids is 1. The van der Waals surface area contributed by atoms with Crippen LogP contribution in [-0.4, -0.2) is 81.7 Å². The normalized spacial score (nSPS) is 25.6. The summed E-state index contributed by atoms with van der Waals surface area (Å²) in [4.78, 5) is 48.5. The molecule has 12 nitrogen and oxygen atoms in total. The molecule has 174 valence electrons. The predicted molar refractivity (Wildman–Crippen MR) is 107 cm³/mol. The molecular formula is C17H16Cl2N2O10S. The van der Waals surface area contributed by atoms with Crippen LogP contribution in [0.2, 0.25) is 10.0 Å². The maximum atomic E-state index is 12.7. The Labute approximate surface area is 190 Å². The zero-order valence-electron chi connectivity index (χ0n) is 16.2. The second-order valence-electron chi connectivity index (χ2n) is 7.33. The highest BCUT2D eigenvalue weighted by Crippen LogP contribution is 2.46. The minimum absolute atomic E-state index is 0.298. The van der Waals surface area contributed by atoms with Crippen LogP contribution in [0.1, 0.15) is 23.7 Å². The summed E-state index contributed by atoms with van der Waals surface area (Å²) >= 11 is 11.6. The molecule has 1 aromatic rings. The summed E-state index contributed by atoms with van der Waals surface area (Å²) in [5.41, 5.74) is -0.386. The number of β-lactam (4-membered cyclic amide) rings is 1. The standard InChI is InChI=1S/C17H16Cl2N2O10S/c1-17(14(15(26)27)21-9(24)3-10(21)32(17,29)30)5-31-16(28)20-4-8(23)11-6(18)2-7(22)13(25)12(11)19/h2,10,14,22,25H,3-5H2,1H3,(H,20,28)(H,26,27)/t10-,14+,17+/m1/s1. The lowest BCUT2D eigenvalue weighted by Crippen LogP contribution is -2.58. The largest absolute Gasteiger partial charge is 0.504 e. The number of Topliss-reactive ketones (excluding diaryl/α,β-unsaturated/α-hetero) is 1. The number of sulfone groups is 1. The number of hydrogen-bond acceptors (Lipinski definition) is 9. The number of rotatable bonds is 6. The van der Waals surface area contributed by atoms with E-state index in [9.17, 15) is 42.9 Å². The Morgan fingerprint density at radius 3 is 2.50 bits per heavy atom. The van der Waals surface area contributed by atoms with E-state index in [-0.39, 0.29) is 17.0 Å². The van der Waals surface area contributed by atoms with Gasteiger partial charge < -0.3 is 30.3 Å². The number of alkyl carbamates (subject to hydrolysis) is 1. The lowest BCUT2D eigenvalue weighted by molar-refractivity contribution is -0.158. The number of phenols is 2. The minimum Gasteiger partial charge on any atom is -0.504 e. The number of benzene rings is 1. The lowest BCUT2D eigenvalue weighted by atomic mass is 9.97. The third-order valence-electron chi connectivity index (χ3n) is 5.38. The summed E-state index contributed by atoms with van der Waals surface area (Å²) in [6.45, 7) is -0.570. The molecule has 32 heavy (non-hydrogen) atoms. The van der Waals surface area contributed by atoms with Crippen LogP contribution in [0.5, 0.6) is 11.5 Å². The van der Waals surface area contributed by atoms with E-state index >= 15 is 0 Å². The Hall–Kier alpha value is -2.77. The summed E-state index contributed by atoms with van der Waals surface area (Å²) in [6, 6.07) is -0.873. The number of nitrogens with zero attached hydrogens (tertiary/aromatic N) is 1. The average molecular weight is 511 g/mol. The van der Waals surface area contributed by atoms with Crippen molar-refractivity contribution in [1.29, 1.82) is 0 Å². The molecule has 2 fully saturated rings. The summed E-state index contributed by atoms with van der Waals surface area (Å²) in [7, 11) is -4.18. The summed E-state index contributed by atoms with van der Waals surface area (Å²) in [5.74, 6) is -4.53. The van der Waals surface area contributed by atoms with Crippen molar-refractivity contribution >= 4 is 56.8 Å². The second-order valence-corrected chi connectivity index (χ2v) is 10.7. The molecule has 0 aromatic heterocycles. The van der Waals surface area contributed by atoms with Crippen molar-refractivity contribution in [1.82, 2.24) is 10.2 Å². The Morgan fingerprint density at radius 1 is 1.31 bits per heavy atom. The molecule has 2 saturated heterocycles. The summed E-state index contributed by atoms with van der Waals surface area (Å²) in [5, 5.41) is 28.4. The van der Waals surface area contributed by atoms with Crippen LogP contribution < -0.4 is 5.32 Å². The van der Waals surface area contributed by atoms with E-state index in [0.29, 0.717) is 0 Å². The molecule has 2 aliphatic heterocycles. The van der Waals surface area contributed by atoms with Gasteiger partial charge in [0, 0.05) is 6.07 Å². The molecular weight excluding hydrogens is 495 g/mol. The number of nitrogens with one attached hydrogen (secondary N) is 1. The molecule has 0 saturated carbocycles. The molecule has 1 aromatic carbocycles. The number of hydrogen-bond donors (Lipinski definition) is 4. The van der Waals surface area contributed by atoms with Gasteiger partial charge in [-0.3, -0.25) is 9.59 Å². The van der Waals surface area contributed by atoms with Crippen molar-refractivity contribution in [3.8, 4) is 11.5 Å². The fourth-order valence-electron chi connectivity index (χ4n) is 3.63. The van der Waals surface area contributed by atoms with Crippen LogP contribution in [0, 0.1) is 0 Å². The molecule has 4 N–H and O–H groups in total. The number of carboxylic acid groups (broad SMARTS) is 1. The number of ether oxygens (including phenoxy) is 1. The number of ketones is 1. The number of phenolic OH excluding ortho intramolecular Hbond substituents is 2. The Balaban J connectivity index is 1.69. The van der Waals surface area contributed by atoms with Crippen molar-refractivity contribution in [3.63, 3.8) is 0 Å². The van der Waals surface area contributed by atoms with Gasteiger partial charge >= 0.3 is 12.1 Å². The van der Waals surface area contributed by atoms with Gasteiger partial charge in [-0.25, -0.2) is 18.0 Å². The van der Waals surface area contributed by atoms with Crippen LogP contribution in [0.4, 0.5) is 4.79 Å². The van der Waals surface area contributed by atoms with Gasteiger partial charge in [-0.05, 0) is 6.92 Å². The van der Waals surface area contributed by atoms with Crippen LogP contribution in [0.25, 0.3) is 0 Å². The van der Waals surface area contributed by atoms with Crippen LogP contribution in [0.3, 0.4) is 0 Å². The molecule has 2 amide bonds. The molecule has 3 rings (SSSR count). The number of amides is 2. The number of carbonyl (C=O) groups is 4. The summed E-state index contributed by atoms with van der Waals surface area (Å²) < 4.78 is 28.2. The van der Waals surface area contributed by atoms with Crippen LogP contribution in [0.15, 0.2) is 6.07 Å². The molecule has 0 aliphatic carbocycles. The highest BCUT2D eigenvalue weighted by molar-refractivity contribution is 7.94.